The molecule has 0 bridgehead atoms. The van der Waals surface area contributed by atoms with Crippen molar-refractivity contribution in [2.75, 3.05) is 23.3 Å². The van der Waals surface area contributed by atoms with E-state index >= 15 is 0 Å². The van der Waals surface area contributed by atoms with Crippen molar-refractivity contribution >= 4 is 22.8 Å². The van der Waals surface area contributed by atoms with Crippen LogP contribution < -0.4 is 15.8 Å². The molecule has 1 fully saturated rings. The van der Waals surface area contributed by atoms with E-state index in [2.05, 4.69) is 25.3 Å². The topological polar surface area (TPSA) is 78.8 Å². The van der Waals surface area contributed by atoms with Crippen LogP contribution in [0.4, 0.5) is 11.8 Å². The first-order valence-electron chi connectivity index (χ1n) is 9.67. The summed E-state index contributed by atoms with van der Waals surface area (Å²) in [5.41, 5.74) is 1.94. The van der Waals surface area contributed by atoms with Crippen LogP contribution in [0.3, 0.4) is 0 Å². The minimum absolute atomic E-state index is 0.0503. The molecule has 2 aromatic heterocycles. The molecule has 0 amide bonds. The van der Waals surface area contributed by atoms with E-state index in [1.807, 2.05) is 44.2 Å². The molecule has 2 N–H and O–H groups in total. The first-order valence-corrected chi connectivity index (χ1v) is 9.67. The van der Waals surface area contributed by atoms with Gasteiger partial charge >= 0.3 is 0 Å². The SMILES string of the molecule is CC(C)n1nc(N2CCCCC2CNc2nc3ccccc3[nH]2)ccc1=O. The van der Waals surface area contributed by atoms with Crippen LogP contribution in [0.1, 0.15) is 39.2 Å². The van der Waals surface area contributed by atoms with Crippen LogP contribution in [0.25, 0.3) is 11.0 Å². The third-order valence-corrected chi connectivity index (χ3v) is 5.12. The van der Waals surface area contributed by atoms with Gasteiger partial charge in [0, 0.05) is 25.2 Å². The second kappa shape index (κ2) is 7.42. The Kier molecular flexibility index (Phi) is 4.83. The van der Waals surface area contributed by atoms with Crippen LogP contribution in [0, 0.1) is 0 Å². The number of nitrogens with one attached hydrogen (secondary N) is 2. The number of H-pyrrole nitrogens is 1. The summed E-state index contributed by atoms with van der Waals surface area (Å²) in [7, 11) is 0. The molecule has 0 radical (unpaired) electrons. The van der Waals surface area contributed by atoms with Crippen LogP contribution in [0.5, 0.6) is 0 Å². The zero-order chi connectivity index (χ0) is 18.8. The average Bonchev–Trinajstić information content (AvgIpc) is 3.10. The molecule has 0 aliphatic carbocycles. The summed E-state index contributed by atoms with van der Waals surface area (Å²) in [4.78, 5) is 22.3. The number of benzene rings is 1. The largest absolute Gasteiger partial charge is 0.354 e. The molecule has 7 heteroatoms. The zero-order valence-corrected chi connectivity index (χ0v) is 15.9. The normalized spacial score (nSPS) is 17.6. The van der Waals surface area contributed by atoms with E-state index in [-0.39, 0.29) is 11.6 Å². The summed E-state index contributed by atoms with van der Waals surface area (Å²) in [6, 6.07) is 11.9. The van der Waals surface area contributed by atoms with Gasteiger partial charge in [0.05, 0.1) is 17.1 Å². The highest BCUT2D eigenvalue weighted by Crippen LogP contribution is 2.23. The van der Waals surface area contributed by atoms with E-state index in [4.69, 9.17) is 0 Å². The van der Waals surface area contributed by atoms with Crippen LogP contribution in [0.15, 0.2) is 41.2 Å². The molecule has 4 rings (SSSR count). The van der Waals surface area contributed by atoms with Crippen molar-refractivity contribution in [2.24, 2.45) is 0 Å². The van der Waals surface area contributed by atoms with E-state index in [9.17, 15) is 4.79 Å². The summed E-state index contributed by atoms with van der Waals surface area (Å²) in [5.74, 6) is 1.67. The van der Waals surface area contributed by atoms with Gasteiger partial charge in [0.2, 0.25) is 5.95 Å². The zero-order valence-electron chi connectivity index (χ0n) is 15.9. The molecule has 7 nitrogen and oxygen atoms in total. The lowest BCUT2D eigenvalue weighted by Gasteiger charge is -2.36. The van der Waals surface area contributed by atoms with Gasteiger partial charge in [0.25, 0.3) is 5.56 Å². The van der Waals surface area contributed by atoms with Crippen molar-refractivity contribution in [2.45, 2.75) is 45.2 Å². The number of imidazole rings is 1. The molecule has 1 aliphatic rings. The molecule has 142 valence electrons. The highest BCUT2D eigenvalue weighted by atomic mass is 16.1. The maximum Gasteiger partial charge on any atom is 0.267 e. The third kappa shape index (κ3) is 3.67. The predicted molar refractivity (Wildman–Crippen MR) is 108 cm³/mol. The first kappa shape index (κ1) is 17.6. The van der Waals surface area contributed by atoms with Crippen molar-refractivity contribution in [3.63, 3.8) is 0 Å². The lowest BCUT2D eigenvalue weighted by Crippen LogP contribution is -2.45. The van der Waals surface area contributed by atoms with Crippen molar-refractivity contribution in [3.05, 3.63) is 46.8 Å². The second-order valence-corrected chi connectivity index (χ2v) is 7.39. The number of aromatic nitrogens is 4. The summed E-state index contributed by atoms with van der Waals surface area (Å²) < 4.78 is 1.56. The number of fused-ring (bicyclic) bond motifs is 1. The van der Waals surface area contributed by atoms with Crippen LogP contribution >= 0.6 is 0 Å². The van der Waals surface area contributed by atoms with Gasteiger partial charge in [-0.3, -0.25) is 4.79 Å². The molecule has 1 aromatic carbocycles. The number of piperidine rings is 1. The van der Waals surface area contributed by atoms with Crippen molar-refractivity contribution in [1.29, 1.82) is 0 Å². The van der Waals surface area contributed by atoms with Crippen LogP contribution in [0.2, 0.25) is 0 Å². The Morgan fingerprint density at radius 1 is 1.22 bits per heavy atom. The summed E-state index contributed by atoms with van der Waals surface area (Å²) in [5, 5.41) is 8.06. The van der Waals surface area contributed by atoms with Gasteiger partial charge in [0.1, 0.15) is 5.82 Å². The van der Waals surface area contributed by atoms with E-state index < -0.39 is 0 Å². The molecular formula is C20H26N6O. The Labute approximate surface area is 158 Å². The monoisotopic (exact) mass is 366 g/mol. The molecule has 1 atom stereocenters. The van der Waals surface area contributed by atoms with E-state index in [0.717, 1.165) is 48.7 Å². The fraction of sp³-hybridized carbons (Fsp3) is 0.450. The van der Waals surface area contributed by atoms with Gasteiger partial charge in [-0.25, -0.2) is 9.67 Å². The smallest absolute Gasteiger partial charge is 0.267 e. The second-order valence-electron chi connectivity index (χ2n) is 7.39. The van der Waals surface area contributed by atoms with Crippen LogP contribution in [-0.4, -0.2) is 38.9 Å². The number of rotatable bonds is 5. The van der Waals surface area contributed by atoms with Crippen molar-refractivity contribution in [3.8, 4) is 0 Å². The minimum atomic E-state index is -0.0530. The predicted octanol–water partition coefficient (Wildman–Crippen LogP) is 3.17. The number of hydrogen-bond donors (Lipinski definition) is 2. The molecule has 1 saturated heterocycles. The summed E-state index contributed by atoms with van der Waals surface area (Å²) >= 11 is 0. The molecule has 1 aliphatic heterocycles. The Morgan fingerprint density at radius 2 is 2.07 bits per heavy atom. The van der Waals surface area contributed by atoms with Gasteiger partial charge < -0.3 is 15.2 Å². The third-order valence-electron chi connectivity index (χ3n) is 5.12. The first-order chi connectivity index (χ1) is 13.1. The number of nitrogens with zero attached hydrogens (tertiary/aromatic N) is 4. The number of para-hydroxylation sites is 2. The number of anilines is 2. The summed E-state index contributed by atoms with van der Waals surface area (Å²) in [6.45, 7) is 5.70. The van der Waals surface area contributed by atoms with E-state index in [1.54, 1.807) is 10.7 Å². The highest BCUT2D eigenvalue weighted by Gasteiger charge is 2.24. The standard InChI is InChI=1S/C20H26N6O/c1-14(2)26-19(27)11-10-18(24-26)25-12-6-5-7-15(25)13-21-20-22-16-8-3-4-9-17(16)23-20/h3-4,8-11,14-15H,5-7,12-13H2,1-2H3,(H2,21,22,23). The molecule has 27 heavy (non-hydrogen) atoms. The van der Waals surface area contributed by atoms with Gasteiger partial charge in [-0.05, 0) is 51.3 Å². The quantitative estimate of drug-likeness (QED) is 0.725. The molecule has 3 aromatic rings. The lowest BCUT2D eigenvalue weighted by molar-refractivity contribution is 0.451. The Bertz CT molecular complexity index is 943. The fourth-order valence-electron chi connectivity index (χ4n) is 3.70. The van der Waals surface area contributed by atoms with Crippen LogP contribution in [-0.2, 0) is 0 Å². The lowest BCUT2D eigenvalue weighted by atomic mass is 10.0. The van der Waals surface area contributed by atoms with E-state index in [1.165, 1.54) is 6.42 Å². The van der Waals surface area contributed by atoms with Gasteiger partial charge in [-0.2, -0.15) is 5.10 Å². The van der Waals surface area contributed by atoms with Gasteiger partial charge in [-0.1, -0.05) is 12.1 Å². The average molecular weight is 366 g/mol. The van der Waals surface area contributed by atoms with Gasteiger partial charge in [0.15, 0.2) is 0 Å². The molecule has 3 heterocycles. The number of aromatic amines is 1. The molecule has 0 spiro atoms. The van der Waals surface area contributed by atoms with E-state index in [0.29, 0.717) is 6.04 Å². The Morgan fingerprint density at radius 3 is 2.89 bits per heavy atom. The van der Waals surface area contributed by atoms with Crippen molar-refractivity contribution < 1.29 is 0 Å². The molecular weight excluding hydrogens is 340 g/mol. The fourth-order valence-corrected chi connectivity index (χ4v) is 3.70. The highest BCUT2D eigenvalue weighted by molar-refractivity contribution is 5.77. The van der Waals surface area contributed by atoms with Gasteiger partial charge in [-0.15, -0.1) is 0 Å². The Hall–Kier alpha value is -2.83. The molecule has 0 saturated carbocycles. The van der Waals surface area contributed by atoms with Crippen molar-refractivity contribution in [1.82, 2.24) is 19.7 Å². The Balaban J connectivity index is 1.52. The maximum atomic E-state index is 12.0. The number of hydrogen-bond acceptors (Lipinski definition) is 5. The molecule has 1 unspecified atom stereocenters. The maximum absolute atomic E-state index is 12.0. The summed E-state index contributed by atoms with van der Waals surface area (Å²) in [6.07, 6.45) is 3.44. The minimum Gasteiger partial charge on any atom is -0.354 e.